The van der Waals surface area contributed by atoms with Gasteiger partial charge in [0.2, 0.25) is 0 Å². The van der Waals surface area contributed by atoms with Crippen molar-refractivity contribution in [3.05, 3.63) is 27.1 Å². The van der Waals surface area contributed by atoms with E-state index in [1.54, 1.807) is 12.0 Å². The molecule has 0 unspecified atom stereocenters. The van der Waals surface area contributed by atoms with Crippen LogP contribution in [-0.4, -0.2) is 35.4 Å². The third-order valence-corrected chi connectivity index (χ3v) is 4.99. The van der Waals surface area contributed by atoms with E-state index < -0.39 is 0 Å². The van der Waals surface area contributed by atoms with Gasteiger partial charge in [-0.15, -0.1) is 0 Å². The van der Waals surface area contributed by atoms with Crippen LogP contribution >= 0.6 is 39.9 Å². The minimum absolute atomic E-state index is 0.0533. The number of rotatable bonds is 5. The van der Waals surface area contributed by atoms with E-state index >= 15 is 0 Å². The lowest BCUT2D eigenvalue weighted by Crippen LogP contribution is -2.27. The Morgan fingerprint density at radius 1 is 1.41 bits per heavy atom. The summed E-state index contributed by atoms with van der Waals surface area (Å²) in [6.45, 7) is 4.93. The van der Waals surface area contributed by atoms with Gasteiger partial charge in [-0.1, -0.05) is 24.0 Å². The van der Waals surface area contributed by atoms with Gasteiger partial charge in [0.25, 0.3) is 5.91 Å². The van der Waals surface area contributed by atoms with Gasteiger partial charge in [0.15, 0.2) is 11.5 Å². The van der Waals surface area contributed by atoms with Gasteiger partial charge in [-0.3, -0.25) is 9.69 Å². The highest BCUT2D eigenvalue weighted by Crippen LogP contribution is 2.39. The van der Waals surface area contributed by atoms with E-state index in [-0.39, 0.29) is 5.91 Å². The van der Waals surface area contributed by atoms with E-state index in [0.29, 0.717) is 33.9 Å². The summed E-state index contributed by atoms with van der Waals surface area (Å²) in [5.74, 6) is 1.22. The van der Waals surface area contributed by atoms with Crippen molar-refractivity contribution < 1.29 is 14.3 Å². The molecule has 1 heterocycles. The second-order valence-electron chi connectivity index (χ2n) is 4.39. The average Bonchev–Trinajstić information content (AvgIpc) is 2.73. The molecule has 1 aromatic rings. The number of halogens is 1. The number of thioether (sulfide) groups is 1. The summed E-state index contributed by atoms with van der Waals surface area (Å²) in [6.07, 6.45) is 1.82. The minimum atomic E-state index is -0.0533. The number of carbonyl (C=O) groups excluding carboxylic acids is 1. The first kappa shape index (κ1) is 17.3. The standard InChI is InChI=1S/C15H16BrNO3S2/c1-4-17-14(18)12(22-15(17)21)8-9-6-10(16)13(19-3)11(7-9)20-5-2/h6-8H,4-5H2,1-3H3/b12-8-. The van der Waals surface area contributed by atoms with Crippen molar-refractivity contribution in [2.24, 2.45) is 0 Å². The molecular formula is C15H16BrNO3S2. The van der Waals surface area contributed by atoms with Gasteiger partial charge in [0, 0.05) is 6.54 Å². The van der Waals surface area contributed by atoms with Crippen LogP contribution in [0.2, 0.25) is 0 Å². The van der Waals surface area contributed by atoms with Gasteiger partial charge >= 0.3 is 0 Å². The van der Waals surface area contributed by atoms with Crippen molar-refractivity contribution in [1.82, 2.24) is 4.90 Å². The van der Waals surface area contributed by atoms with E-state index in [4.69, 9.17) is 21.7 Å². The fraction of sp³-hybridized carbons (Fsp3) is 0.333. The molecule has 0 aliphatic carbocycles. The molecule has 1 saturated heterocycles. The molecule has 0 aromatic heterocycles. The number of thiocarbonyl (C=S) groups is 1. The Kier molecular flexibility index (Phi) is 5.88. The summed E-state index contributed by atoms with van der Waals surface area (Å²) in [5, 5.41) is 0. The Morgan fingerprint density at radius 3 is 2.68 bits per heavy atom. The molecule has 0 N–H and O–H groups in total. The molecule has 22 heavy (non-hydrogen) atoms. The Labute approximate surface area is 148 Å². The highest BCUT2D eigenvalue weighted by molar-refractivity contribution is 9.10. The van der Waals surface area contributed by atoms with E-state index in [1.165, 1.54) is 11.8 Å². The Bertz CT molecular complexity index is 646. The van der Waals surface area contributed by atoms with Crippen LogP contribution in [0.1, 0.15) is 19.4 Å². The summed E-state index contributed by atoms with van der Waals surface area (Å²) in [5.41, 5.74) is 0.854. The Hall–Kier alpha value is -1.05. The topological polar surface area (TPSA) is 38.8 Å². The highest BCUT2D eigenvalue weighted by Gasteiger charge is 2.30. The van der Waals surface area contributed by atoms with Gasteiger partial charge in [0.1, 0.15) is 4.32 Å². The first-order valence-corrected chi connectivity index (χ1v) is 8.79. The summed E-state index contributed by atoms with van der Waals surface area (Å²) in [6, 6.07) is 3.74. The molecule has 1 fully saturated rings. The van der Waals surface area contributed by atoms with Crippen LogP contribution in [0, 0.1) is 0 Å². The van der Waals surface area contributed by atoms with Gasteiger partial charge in [-0.2, -0.15) is 0 Å². The normalized spacial score (nSPS) is 16.5. The number of amides is 1. The van der Waals surface area contributed by atoms with Crippen LogP contribution in [0.3, 0.4) is 0 Å². The predicted molar refractivity (Wildman–Crippen MR) is 97.4 cm³/mol. The molecule has 118 valence electrons. The zero-order valence-corrected chi connectivity index (χ0v) is 15.7. The highest BCUT2D eigenvalue weighted by atomic mass is 79.9. The minimum Gasteiger partial charge on any atom is -0.492 e. The largest absolute Gasteiger partial charge is 0.492 e. The van der Waals surface area contributed by atoms with Crippen LogP contribution in [0.15, 0.2) is 21.5 Å². The van der Waals surface area contributed by atoms with Gasteiger partial charge in [0.05, 0.1) is 23.1 Å². The third kappa shape index (κ3) is 3.47. The monoisotopic (exact) mass is 401 g/mol. The smallest absolute Gasteiger partial charge is 0.266 e. The Morgan fingerprint density at radius 2 is 2.14 bits per heavy atom. The molecule has 1 aliphatic rings. The number of ether oxygens (including phenoxy) is 2. The molecule has 2 rings (SSSR count). The summed E-state index contributed by atoms with van der Waals surface area (Å²) >= 11 is 10.0. The lowest BCUT2D eigenvalue weighted by atomic mass is 10.2. The van der Waals surface area contributed by atoms with Crippen LogP contribution in [0.25, 0.3) is 6.08 Å². The third-order valence-electron chi connectivity index (χ3n) is 3.02. The van der Waals surface area contributed by atoms with Crippen molar-refractivity contribution in [2.45, 2.75) is 13.8 Å². The van der Waals surface area contributed by atoms with Crippen LogP contribution in [0.5, 0.6) is 11.5 Å². The van der Waals surface area contributed by atoms with Crippen molar-refractivity contribution in [2.75, 3.05) is 20.3 Å². The van der Waals surface area contributed by atoms with E-state index in [9.17, 15) is 4.79 Å². The second kappa shape index (κ2) is 7.48. The van der Waals surface area contributed by atoms with Crippen molar-refractivity contribution in [3.8, 4) is 11.5 Å². The molecule has 0 saturated carbocycles. The van der Waals surface area contributed by atoms with Gasteiger partial charge in [-0.25, -0.2) is 0 Å². The number of likely N-dealkylation sites (N-methyl/N-ethyl adjacent to an activating group) is 1. The van der Waals surface area contributed by atoms with Gasteiger partial charge < -0.3 is 9.47 Å². The molecule has 0 atom stereocenters. The molecule has 1 amide bonds. The first-order valence-electron chi connectivity index (χ1n) is 6.77. The van der Waals surface area contributed by atoms with Crippen LogP contribution < -0.4 is 9.47 Å². The first-order chi connectivity index (χ1) is 10.5. The van der Waals surface area contributed by atoms with Gasteiger partial charge in [-0.05, 0) is 53.5 Å². The number of methoxy groups -OCH3 is 1. The van der Waals surface area contributed by atoms with Crippen molar-refractivity contribution >= 4 is 56.2 Å². The number of hydrogen-bond donors (Lipinski definition) is 0. The molecule has 1 aliphatic heterocycles. The molecule has 4 nitrogen and oxygen atoms in total. The second-order valence-corrected chi connectivity index (χ2v) is 6.92. The van der Waals surface area contributed by atoms with Crippen molar-refractivity contribution in [1.29, 1.82) is 0 Å². The fourth-order valence-corrected chi connectivity index (χ4v) is 4.06. The fourth-order valence-electron chi connectivity index (χ4n) is 2.06. The number of nitrogens with zero attached hydrogens (tertiary/aromatic N) is 1. The summed E-state index contributed by atoms with van der Waals surface area (Å²) in [4.78, 5) is 14.5. The quantitative estimate of drug-likeness (QED) is 0.548. The van der Waals surface area contributed by atoms with Crippen LogP contribution in [0.4, 0.5) is 0 Å². The average molecular weight is 402 g/mol. The zero-order chi connectivity index (χ0) is 16.3. The van der Waals surface area contributed by atoms with Crippen molar-refractivity contribution in [3.63, 3.8) is 0 Å². The predicted octanol–water partition coefficient (Wildman–Crippen LogP) is 4.08. The van der Waals surface area contributed by atoms with Crippen LogP contribution in [-0.2, 0) is 4.79 Å². The number of carbonyl (C=O) groups is 1. The van der Waals surface area contributed by atoms with E-state index in [1.807, 2.05) is 32.1 Å². The molecular weight excluding hydrogens is 386 g/mol. The summed E-state index contributed by atoms with van der Waals surface area (Å²) < 4.78 is 12.3. The van der Waals surface area contributed by atoms with E-state index in [0.717, 1.165) is 10.0 Å². The molecule has 0 radical (unpaired) electrons. The molecule has 1 aromatic carbocycles. The molecule has 0 bridgehead atoms. The number of hydrogen-bond acceptors (Lipinski definition) is 5. The SMILES string of the molecule is CCOc1cc(/C=C2\SC(=S)N(CC)C2=O)cc(Br)c1OC. The zero-order valence-electron chi connectivity index (χ0n) is 12.5. The molecule has 7 heteroatoms. The molecule has 0 spiro atoms. The Balaban J connectivity index is 2.40. The number of benzene rings is 1. The lowest BCUT2D eigenvalue weighted by molar-refractivity contribution is -0.121. The summed E-state index contributed by atoms with van der Waals surface area (Å²) in [7, 11) is 1.59. The lowest BCUT2D eigenvalue weighted by Gasteiger charge is -2.12. The van der Waals surface area contributed by atoms with E-state index in [2.05, 4.69) is 15.9 Å². The maximum atomic E-state index is 12.3. The maximum absolute atomic E-state index is 12.3. The maximum Gasteiger partial charge on any atom is 0.266 e.